The van der Waals surface area contributed by atoms with Crippen LogP contribution in [0.4, 0.5) is 8.78 Å². The van der Waals surface area contributed by atoms with E-state index in [1.165, 1.54) is 19.1 Å². The van der Waals surface area contributed by atoms with E-state index >= 15 is 0 Å². The summed E-state index contributed by atoms with van der Waals surface area (Å²) in [5.74, 6) is -2.22. The molecule has 1 aliphatic carbocycles. The van der Waals surface area contributed by atoms with E-state index in [2.05, 4.69) is 6.92 Å². The van der Waals surface area contributed by atoms with Gasteiger partial charge in [-0.2, -0.15) is 0 Å². The maximum Gasteiger partial charge on any atom is 0.341 e. The molecule has 1 saturated carbocycles. The van der Waals surface area contributed by atoms with Crippen LogP contribution in [0.2, 0.25) is 0 Å². The number of esters is 1. The molecular formula is C15H18F2O2. The second-order valence-corrected chi connectivity index (χ2v) is 5.35. The minimum absolute atomic E-state index is 0.174. The van der Waals surface area contributed by atoms with E-state index in [4.69, 9.17) is 4.74 Å². The number of hydrogen-bond acceptors (Lipinski definition) is 2. The molecule has 2 rings (SSSR count). The Balaban J connectivity index is 2.06. The highest BCUT2D eigenvalue weighted by Gasteiger charge is 2.24. The number of halogens is 2. The molecule has 1 aliphatic rings. The van der Waals surface area contributed by atoms with Gasteiger partial charge in [-0.1, -0.05) is 13.0 Å². The predicted octanol–water partition coefficient (Wildman–Crippen LogP) is 4.01. The molecule has 0 amide bonds. The van der Waals surface area contributed by atoms with Gasteiger partial charge >= 0.3 is 5.97 Å². The van der Waals surface area contributed by atoms with E-state index in [-0.39, 0.29) is 17.2 Å². The number of carbonyl (C=O) groups excluding carboxylic acids is 1. The van der Waals surface area contributed by atoms with E-state index in [9.17, 15) is 13.6 Å². The quantitative estimate of drug-likeness (QED) is 0.757. The third-order valence-corrected chi connectivity index (χ3v) is 3.73. The van der Waals surface area contributed by atoms with Crippen LogP contribution < -0.4 is 0 Å². The van der Waals surface area contributed by atoms with Crippen molar-refractivity contribution >= 4 is 5.97 Å². The summed E-state index contributed by atoms with van der Waals surface area (Å²) in [7, 11) is 0. The summed E-state index contributed by atoms with van der Waals surface area (Å²) in [5, 5.41) is 0. The minimum atomic E-state index is -1.12. The Morgan fingerprint density at radius 1 is 1.16 bits per heavy atom. The van der Waals surface area contributed by atoms with Crippen LogP contribution in [0.15, 0.2) is 12.1 Å². The van der Waals surface area contributed by atoms with Crippen molar-refractivity contribution in [2.75, 3.05) is 0 Å². The van der Waals surface area contributed by atoms with Crippen molar-refractivity contribution in [1.82, 2.24) is 0 Å². The number of aryl methyl sites for hydroxylation is 1. The van der Waals surface area contributed by atoms with Crippen LogP contribution in [0.1, 0.15) is 48.5 Å². The lowest BCUT2D eigenvalue weighted by Crippen LogP contribution is -2.24. The largest absolute Gasteiger partial charge is 0.459 e. The Hall–Kier alpha value is -1.45. The van der Waals surface area contributed by atoms with Crippen LogP contribution in [0.3, 0.4) is 0 Å². The molecular weight excluding hydrogens is 250 g/mol. The third-order valence-electron chi connectivity index (χ3n) is 3.73. The van der Waals surface area contributed by atoms with Crippen LogP contribution in [0.5, 0.6) is 0 Å². The lowest BCUT2D eigenvalue weighted by atomic mass is 9.89. The lowest BCUT2D eigenvalue weighted by molar-refractivity contribution is 0.0168. The van der Waals surface area contributed by atoms with Crippen molar-refractivity contribution in [2.24, 2.45) is 5.92 Å². The fraction of sp³-hybridized carbons (Fsp3) is 0.533. The van der Waals surface area contributed by atoms with Crippen LogP contribution in [-0.2, 0) is 4.74 Å². The van der Waals surface area contributed by atoms with Crippen LogP contribution in [-0.4, -0.2) is 12.1 Å². The Morgan fingerprint density at radius 3 is 2.42 bits per heavy atom. The molecule has 0 radical (unpaired) electrons. The summed E-state index contributed by atoms with van der Waals surface area (Å²) < 4.78 is 32.3. The van der Waals surface area contributed by atoms with Gasteiger partial charge in [-0.3, -0.25) is 0 Å². The molecule has 0 spiro atoms. The van der Waals surface area contributed by atoms with Gasteiger partial charge in [-0.25, -0.2) is 13.6 Å². The monoisotopic (exact) mass is 268 g/mol. The van der Waals surface area contributed by atoms with E-state index in [0.29, 0.717) is 5.92 Å². The first-order valence-electron chi connectivity index (χ1n) is 6.64. The van der Waals surface area contributed by atoms with Gasteiger partial charge < -0.3 is 4.74 Å². The third kappa shape index (κ3) is 3.11. The molecule has 0 unspecified atom stereocenters. The average Bonchev–Trinajstić information content (AvgIpc) is 2.39. The smallest absolute Gasteiger partial charge is 0.341 e. The summed E-state index contributed by atoms with van der Waals surface area (Å²) in [4.78, 5) is 11.8. The minimum Gasteiger partial charge on any atom is -0.459 e. The standard InChI is InChI=1S/C15H18F2O2/c1-9-3-6-11(7-4-9)19-15(18)12-8-5-10(2)13(16)14(12)17/h5,8-9,11H,3-4,6-7H2,1-2H3. The molecule has 19 heavy (non-hydrogen) atoms. The van der Waals surface area contributed by atoms with Crippen molar-refractivity contribution in [3.63, 3.8) is 0 Å². The SMILES string of the molecule is Cc1ccc(C(=O)OC2CCC(C)CC2)c(F)c1F. The van der Waals surface area contributed by atoms with Gasteiger partial charge in [0.2, 0.25) is 0 Å². The molecule has 0 aromatic heterocycles. The van der Waals surface area contributed by atoms with E-state index in [1.54, 1.807) is 0 Å². The molecule has 1 aromatic carbocycles. The maximum atomic E-state index is 13.7. The summed E-state index contributed by atoms with van der Waals surface area (Å²) in [6.07, 6.45) is 3.42. The van der Waals surface area contributed by atoms with Crippen molar-refractivity contribution < 1.29 is 18.3 Å². The molecule has 1 fully saturated rings. The van der Waals surface area contributed by atoms with E-state index in [0.717, 1.165) is 25.7 Å². The maximum absolute atomic E-state index is 13.7. The van der Waals surface area contributed by atoms with Crippen LogP contribution >= 0.6 is 0 Å². The zero-order valence-electron chi connectivity index (χ0n) is 11.2. The van der Waals surface area contributed by atoms with Gasteiger partial charge in [0, 0.05) is 0 Å². The Labute approximate surface area is 111 Å². The Bertz CT molecular complexity index is 477. The van der Waals surface area contributed by atoms with Gasteiger partial charge in [-0.15, -0.1) is 0 Å². The van der Waals surface area contributed by atoms with Crippen LogP contribution in [0, 0.1) is 24.5 Å². The fourth-order valence-corrected chi connectivity index (χ4v) is 2.37. The molecule has 0 bridgehead atoms. The first-order chi connectivity index (χ1) is 8.99. The van der Waals surface area contributed by atoms with Gasteiger partial charge in [0.1, 0.15) is 6.10 Å². The molecule has 0 aliphatic heterocycles. The first kappa shape index (κ1) is 14.0. The van der Waals surface area contributed by atoms with Crippen LogP contribution in [0.25, 0.3) is 0 Å². The number of benzene rings is 1. The molecule has 0 saturated heterocycles. The average molecular weight is 268 g/mol. The number of hydrogen-bond donors (Lipinski definition) is 0. The summed E-state index contributed by atoms with van der Waals surface area (Å²) in [5.41, 5.74) is -0.137. The van der Waals surface area contributed by atoms with Crippen molar-refractivity contribution in [1.29, 1.82) is 0 Å². The lowest BCUT2D eigenvalue weighted by Gasteiger charge is -2.26. The Morgan fingerprint density at radius 2 is 1.79 bits per heavy atom. The van der Waals surface area contributed by atoms with Crippen molar-refractivity contribution in [3.8, 4) is 0 Å². The fourth-order valence-electron chi connectivity index (χ4n) is 2.37. The molecule has 0 atom stereocenters. The van der Waals surface area contributed by atoms with Gasteiger partial charge in [0.15, 0.2) is 11.6 Å². The molecule has 1 aromatic rings. The van der Waals surface area contributed by atoms with Crippen molar-refractivity contribution in [2.45, 2.75) is 45.6 Å². The van der Waals surface area contributed by atoms with Crippen molar-refractivity contribution in [3.05, 3.63) is 34.9 Å². The highest BCUT2D eigenvalue weighted by Crippen LogP contribution is 2.26. The first-order valence-corrected chi connectivity index (χ1v) is 6.64. The van der Waals surface area contributed by atoms with Gasteiger partial charge in [0.05, 0.1) is 5.56 Å². The molecule has 4 heteroatoms. The van der Waals surface area contributed by atoms with Gasteiger partial charge in [-0.05, 0) is 50.2 Å². The summed E-state index contributed by atoms with van der Waals surface area (Å²) in [6.45, 7) is 3.61. The van der Waals surface area contributed by atoms with E-state index in [1.807, 2.05) is 0 Å². The van der Waals surface area contributed by atoms with E-state index < -0.39 is 17.6 Å². The predicted molar refractivity (Wildman–Crippen MR) is 67.9 cm³/mol. The molecule has 104 valence electrons. The number of ether oxygens (including phenoxy) is 1. The number of rotatable bonds is 2. The zero-order chi connectivity index (χ0) is 14.0. The normalized spacial score (nSPS) is 23.2. The second-order valence-electron chi connectivity index (χ2n) is 5.35. The topological polar surface area (TPSA) is 26.3 Å². The molecule has 0 heterocycles. The molecule has 0 N–H and O–H groups in total. The summed E-state index contributed by atoms with van der Waals surface area (Å²) in [6, 6.07) is 2.67. The molecule has 2 nitrogen and oxygen atoms in total. The highest BCUT2D eigenvalue weighted by molar-refractivity contribution is 5.89. The second kappa shape index (κ2) is 5.68. The number of carbonyl (C=O) groups is 1. The summed E-state index contributed by atoms with van der Waals surface area (Å²) >= 11 is 0. The highest BCUT2D eigenvalue weighted by atomic mass is 19.2. The Kier molecular flexibility index (Phi) is 4.17. The van der Waals surface area contributed by atoms with Gasteiger partial charge in [0.25, 0.3) is 0 Å². The zero-order valence-corrected chi connectivity index (χ0v) is 11.2.